The van der Waals surface area contributed by atoms with Crippen molar-refractivity contribution in [3.8, 4) is 11.8 Å². The van der Waals surface area contributed by atoms with Gasteiger partial charge in [0, 0.05) is 61.8 Å². The van der Waals surface area contributed by atoms with Gasteiger partial charge in [-0.25, -0.2) is 18.3 Å². The third-order valence-corrected chi connectivity index (χ3v) is 6.68. The maximum Gasteiger partial charge on any atom is 0.273 e. The number of aromatic nitrogens is 4. The van der Waals surface area contributed by atoms with Crippen LogP contribution in [0.2, 0.25) is 0 Å². The Bertz CT molecular complexity index is 1500. The van der Waals surface area contributed by atoms with E-state index in [4.69, 9.17) is 0 Å². The van der Waals surface area contributed by atoms with E-state index in [-0.39, 0.29) is 12.0 Å². The van der Waals surface area contributed by atoms with Crippen LogP contribution in [0.15, 0.2) is 55.0 Å². The van der Waals surface area contributed by atoms with Crippen molar-refractivity contribution in [3.05, 3.63) is 88.6 Å². The first kappa shape index (κ1) is 29.1. The summed E-state index contributed by atoms with van der Waals surface area (Å²) < 4.78 is 32.2. The van der Waals surface area contributed by atoms with Gasteiger partial charge in [0.2, 0.25) is 0 Å². The minimum absolute atomic E-state index is 0.0892. The molecule has 0 atom stereocenters. The zero-order chi connectivity index (χ0) is 28.7. The van der Waals surface area contributed by atoms with Crippen LogP contribution in [0.25, 0.3) is 5.65 Å². The van der Waals surface area contributed by atoms with Gasteiger partial charge in [-0.2, -0.15) is 5.10 Å². The first-order valence-electron chi connectivity index (χ1n) is 13.5. The fraction of sp³-hybridized carbons (Fsp3) is 0.387. The molecule has 1 N–H and O–H groups in total. The van der Waals surface area contributed by atoms with Crippen molar-refractivity contribution >= 4 is 11.3 Å². The third-order valence-electron chi connectivity index (χ3n) is 6.68. The lowest BCUT2D eigenvalue weighted by molar-refractivity contribution is -0.0153. The number of imidazole rings is 1. The molecule has 0 radical (unpaired) electrons. The van der Waals surface area contributed by atoms with Crippen molar-refractivity contribution in [1.82, 2.24) is 29.4 Å². The maximum absolute atomic E-state index is 15.2. The molecule has 0 saturated heterocycles. The normalized spacial score (nSPS) is 11.7. The Morgan fingerprint density at radius 2 is 1.85 bits per heavy atom. The molecule has 4 aromatic rings. The highest BCUT2D eigenvalue weighted by Gasteiger charge is 2.33. The van der Waals surface area contributed by atoms with Crippen molar-refractivity contribution in [3.63, 3.8) is 0 Å². The van der Waals surface area contributed by atoms with Crippen LogP contribution < -0.4 is 5.32 Å². The predicted molar refractivity (Wildman–Crippen MR) is 155 cm³/mol. The summed E-state index contributed by atoms with van der Waals surface area (Å²) in [6, 6.07) is 11.0. The maximum atomic E-state index is 15.2. The van der Waals surface area contributed by atoms with Gasteiger partial charge >= 0.3 is 0 Å². The Morgan fingerprint density at radius 3 is 2.62 bits per heavy atom. The number of anilines is 1. The molecule has 9 heteroatoms. The van der Waals surface area contributed by atoms with Crippen molar-refractivity contribution in [2.24, 2.45) is 0 Å². The van der Waals surface area contributed by atoms with Crippen LogP contribution in [0.5, 0.6) is 0 Å². The first-order valence-corrected chi connectivity index (χ1v) is 13.5. The molecule has 0 unspecified atom stereocenters. The van der Waals surface area contributed by atoms with Gasteiger partial charge in [0.15, 0.2) is 5.65 Å². The van der Waals surface area contributed by atoms with Crippen molar-refractivity contribution < 1.29 is 8.78 Å². The first-order chi connectivity index (χ1) is 19.2. The zero-order valence-electron chi connectivity index (χ0n) is 23.9. The van der Waals surface area contributed by atoms with Crippen LogP contribution in [0.3, 0.4) is 0 Å². The van der Waals surface area contributed by atoms with Gasteiger partial charge in [-0.15, -0.1) is 0 Å². The fourth-order valence-corrected chi connectivity index (χ4v) is 4.40. The predicted octanol–water partition coefficient (Wildman–Crippen LogP) is 5.33. The molecule has 4 rings (SSSR count). The van der Waals surface area contributed by atoms with Gasteiger partial charge < -0.3 is 15.1 Å². The molecule has 1 aromatic carbocycles. The number of nitrogens with zero attached hydrogens (tertiary/aromatic N) is 6. The lowest BCUT2D eigenvalue weighted by Crippen LogP contribution is -2.29. The Labute approximate surface area is 235 Å². The molecular weight excluding hydrogens is 508 g/mol. The summed E-state index contributed by atoms with van der Waals surface area (Å²) >= 11 is 0. The largest absolute Gasteiger partial charge is 0.381 e. The number of pyridine rings is 1. The Hall–Kier alpha value is -3.87. The summed E-state index contributed by atoms with van der Waals surface area (Å²) in [6.45, 7) is 6.25. The third kappa shape index (κ3) is 7.40. The highest BCUT2D eigenvalue weighted by molar-refractivity contribution is 5.51. The minimum Gasteiger partial charge on any atom is -0.381 e. The summed E-state index contributed by atoms with van der Waals surface area (Å²) in [5.41, 5.74) is 5.31. The number of fused-ring (bicyclic) bond motifs is 1. The number of likely N-dealkylation sites (N-methyl/N-ethyl adjacent to an activating group) is 2. The molecule has 3 aromatic heterocycles. The molecule has 210 valence electrons. The van der Waals surface area contributed by atoms with E-state index in [0.717, 1.165) is 35.6 Å². The molecular formula is C31H37F2N7. The van der Waals surface area contributed by atoms with Crippen LogP contribution in [0.1, 0.15) is 53.4 Å². The minimum atomic E-state index is -2.90. The molecule has 0 saturated carbocycles. The number of hydrogen-bond donors (Lipinski definition) is 1. The summed E-state index contributed by atoms with van der Waals surface area (Å²) in [7, 11) is 5.98. The Morgan fingerprint density at radius 1 is 1.02 bits per heavy atom. The number of hydrogen-bond acceptors (Lipinski definition) is 6. The smallest absolute Gasteiger partial charge is 0.273 e. The van der Waals surface area contributed by atoms with Gasteiger partial charge in [0.1, 0.15) is 5.69 Å². The average Bonchev–Trinajstić information content (AvgIpc) is 3.34. The van der Waals surface area contributed by atoms with E-state index >= 15 is 8.78 Å². The number of nitrogens with one attached hydrogen (secondary N) is 1. The second-order valence-corrected chi connectivity index (χ2v) is 10.4. The lowest BCUT2D eigenvalue weighted by atomic mass is 9.97. The van der Waals surface area contributed by atoms with Gasteiger partial charge in [-0.05, 0) is 75.4 Å². The van der Waals surface area contributed by atoms with Gasteiger partial charge in [0.05, 0.1) is 11.9 Å². The van der Waals surface area contributed by atoms with Crippen LogP contribution in [-0.2, 0) is 19.0 Å². The highest BCUT2D eigenvalue weighted by atomic mass is 19.3. The van der Waals surface area contributed by atoms with Crippen LogP contribution in [-0.4, -0.2) is 63.6 Å². The molecule has 0 amide bonds. The second kappa shape index (κ2) is 13.0. The van der Waals surface area contributed by atoms with Gasteiger partial charge in [0.25, 0.3) is 5.92 Å². The second-order valence-electron chi connectivity index (χ2n) is 10.4. The topological polar surface area (TPSA) is 61.6 Å². The van der Waals surface area contributed by atoms with Crippen LogP contribution >= 0.6 is 0 Å². The van der Waals surface area contributed by atoms with E-state index in [9.17, 15) is 0 Å². The quantitative estimate of drug-likeness (QED) is 0.257. The Balaban J connectivity index is 1.51. The SMILES string of the molecule is CCCC(F)(F)c1cc(NCc2cnc(C)c(C#Cc3cnc4cccnn34)c2)ccc1CN(C)CCN(C)C. The monoisotopic (exact) mass is 545 g/mol. The summed E-state index contributed by atoms with van der Waals surface area (Å²) in [6.07, 6.45) is 5.39. The van der Waals surface area contributed by atoms with Gasteiger partial charge in [-0.3, -0.25) is 4.98 Å². The molecule has 0 bridgehead atoms. The number of benzene rings is 1. The standard InChI is InChI=1S/C31H37F2N7/c1-6-13-31(32,33)29-18-27(11-9-26(29)22-39(5)16-15-38(3)4)35-20-24-17-25(23(2)34-19-24)10-12-28-21-36-30-8-7-14-37-40(28)30/h7-9,11,14,17-19,21,35H,6,13,15-16,20,22H2,1-5H3. The van der Waals surface area contributed by atoms with E-state index in [1.165, 1.54) is 0 Å². The molecule has 0 aliphatic heterocycles. The average molecular weight is 546 g/mol. The number of alkyl halides is 2. The summed E-state index contributed by atoms with van der Waals surface area (Å²) in [4.78, 5) is 13.0. The van der Waals surface area contributed by atoms with E-state index in [0.29, 0.717) is 36.5 Å². The lowest BCUT2D eigenvalue weighted by Gasteiger charge is -2.25. The summed E-state index contributed by atoms with van der Waals surface area (Å²) in [5, 5.41) is 7.61. The highest BCUT2D eigenvalue weighted by Crippen LogP contribution is 2.37. The molecule has 40 heavy (non-hydrogen) atoms. The molecule has 0 spiro atoms. The van der Waals surface area contributed by atoms with Crippen LogP contribution in [0, 0.1) is 18.8 Å². The van der Waals surface area contributed by atoms with Crippen molar-refractivity contribution in [2.45, 2.75) is 45.7 Å². The zero-order valence-corrected chi connectivity index (χ0v) is 23.9. The molecule has 0 aliphatic rings. The fourth-order valence-electron chi connectivity index (χ4n) is 4.40. The molecule has 7 nitrogen and oxygen atoms in total. The number of rotatable bonds is 11. The number of halogens is 2. The molecule has 3 heterocycles. The summed E-state index contributed by atoms with van der Waals surface area (Å²) in [5.74, 6) is 3.42. The van der Waals surface area contributed by atoms with E-state index in [2.05, 4.69) is 42.0 Å². The number of aryl methyl sites for hydroxylation is 1. The van der Waals surface area contributed by atoms with Crippen molar-refractivity contribution in [2.75, 3.05) is 39.5 Å². The van der Waals surface area contributed by atoms with E-state index in [1.54, 1.807) is 36.1 Å². The van der Waals surface area contributed by atoms with E-state index < -0.39 is 5.92 Å². The Kier molecular flexibility index (Phi) is 9.46. The van der Waals surface area contributed by atoms with Crippen molar-refractivity contribution in [1.29, 1.82) is 0 Å². The molecule has 0 aliphatic carbocycles. The molecule has 0 fully saturated rings. The van der Waals surface area contributed by atoms with E-state index in [1.807, 2.05) is 58.4 Å². The van der Waals surface area contributed by atoms with Gasteiger partial charge in [-0.1, -0.05) is 25.3 Å². The van der Waals surface area contributed by atoms with Crippen LogP contribution in [0.4, 0.5) is 14.5 Å².